The van der Waals surface area contributed by atoms with Gasteiger partial charge in [-0.2, -0.15) is 10.3 Å². The van der Waals surface area contributed by atoms with Gasteiger partial charge in [0.1, 0.15) is 5.82 Å². The summed E-state index contributed by atoms with van der Waals surface area (Å²) in [6.07, 6.45) is 0.876. The van der Waals surface area contributed by atoms with Crippen LogP contribution in [0.4, 0.5) is 4.39 Å². The van der Waals surface area contributed by atoms with E-state index in [9.17, 15) is 9.18 Å². The molecule has 2 aromatic rings. The Morgan fingerprint density at radius 2 is 2.00 bits per heavy atom. The number of rotatable bonds is 3. The van der Waals surface area contributed by atoms with Crippen molar-refractivity contribution >= 4 is 5.91 Å². The van der Waals surface area contributed by atoms with Crippen LogP contribution in [-0.2, 0) is 19.0 Å². The monoisotopic (exact) mass is 342 g/mol. The van der Waals surface area contributed by atoms with Crippen LogP contribution in [0.15, 0.2) is 29.3 Å². The molecule has 0 spiro atoms. The van der Waals surface area contributed by atoms with Crippen molar-refractivity contribution in [2.24, 2.45) is 12.0 Å². The largest absolute Gasteiger partial charge is 0.291 e. The summed E-state index contributed by atoms with van der Waals surface area (Å²) in [6.45, 7) is 8.98. The van der Waals surface area contributed by atoms with Crippen molar-refractivity contribution in [3.05, 3.63) is 52.4 Å². The van der Waals surface area contributed by atoms with Crippen molar-refractivity contribution in [1.29, 1.82) is 5.26 Å². The second kappa shape index (κ2) is 7.06. The molecule has 0 aliphatic heterocycles. The van der Waals surface area contributed by atoms with Gasteiger partial charge in [0.2, 0.25) is 0 Å². The number of amides is 1. The summed E-state index contributed by atoms with van der Waals surface area (Å²) in [5.41, 5.74) is 1.43. The highest BCUT2D eigenvalue weighted by Gasteiger charge is 2.20. The summed E-state index contributed by atoms with van der Waals surface area (Å²) in [6, 6.07) is 7.46. The number of carbonyl (C=O) groups is 1. The maximum absolute atomic E-state index is 14.0. The lowest BCUT2D eigenvalue weighted by Gasteiger charge is -2.20. The molecule has 0 aliphatic carbocycles. The Hall–Kier alpha value is -2.68. The zero-order chi connectivity index (χ0) is 18.8. The van der Waals surface area contributed by atoms with Crippen LogP contribution in [0.2, 0.25) is 0 Å². The first-order valence-corrected chi connectivity index (χ1v) is 8.25. The summed E-state index contributed by atoms with van der Waals surface area (Å²) in [7, 11) is 1.93. The lowest BCUT2D eigenvalue weighted by Crippen LogP contribution is -2.25. The molecular weight excluding hydrogens is 319 g/mol. The molecule has 132 valence electrons. The number of halogens is 1. The molecule has 6 heteroatoms. The van der Waals surface area contributed by atoms with Crippen LogP contribution in [0.3, 0.4) is 0 Å². The lowest BCUT2D eigenvalue weighted by molar-refractivity contribution is 0.0993. The predicted octanol–water partition coefficient (Wildman–Crippen LogP) is 3.29. The zero-order valence-electron chi connectivity index (χ0n) is 15.3. The molecule has 0 saturated heterocycles. The summed E-state index contributed by atoms with van der Waals surface area (Å²) in [5.74, 6) is -1.37. The Morgan fingerprint density at radius 3 is 2.56 bits per heavy atom. The molecule has 0 unspecified atom stereocenters. The molecule has 1 heterocycles. The van der Waals surface area contributed by atoms with Gasteiger partial charge < -0.3 is 0 Å². The van der Waals surface area contributed by atoms with Crippen molar-refractivity contribution in [2.45, 2.75) is 46.1 Å². The summed E-state index contributed by atoms with van der Waals surface area (Å²) >= 11 is 0. The average molecular weight is 342 g/mol. The van der Waals surface area contributed by atoms with Crippen molar-refractivity contribution in [3.8, 4) is 6.07 Å². The molecule has 2 rings (SSSR count). The van der Waals surface area contributed by atoms with Gasteiger partial charge in [0.25, 0.3) is 5.91 Å². The maximum Gasteiger partial charge on any atom is 0.282 e. The standard InChI is InChI=1S/C19H23FN4O/c1-6-9-24-17(11-16(23(24)5)19(2,3)4)22-18(25)14-10-13(12-21)7-8-15(14)20/h7-8,10-11H,6,9H2,1-5H3/b22-17+. The fourth-order valence-corrected chi connectivity index (χ4v) is 2.77. The van der Waals surface area contributed by atoms with Crippen molar-refractivity contribution in [3.63, 3.8) is 0 Å². The Balaban J connectivity index is 2.61. The van der Waals surface area contributed by atoms with Crippen molar-refractivity contribution in [1.82, 2.24) is 9.36 Å². The topological polar surface area (TPSA) is 63.1 Å². The normalized spacial score (nSPS) is 12.3. The fraction of sp³-hybridized carbons (Fsp3) is 0.421. The first-order chi connectivity index (χ1) is 11.7. The molecule has 0 fully saturated rings. The van der Waals surface area contributed by atoms with E-state index >= 15 is 0 Å². The molecule has 1 amide bonds. The maximum atomic E-state index is 14.0. The van der Waals surface area contributed by atoms with E-state index in [4.69, 9.17) is 5.26 Å². The van der Waals surface area contributed by atoms with E-state index in [1.165, 1.54) is 12.1 Å². The van der Waals surface area contributed by atoms with Crippen LogP contribution in [0.1, 0.15) is 55.7 Å². The highest BCUT2D eigenvalue weighted by atomic mass is 19.1. The Kier molecular flexibility index (Phi) is 5.27. The van der Waals surface area contributed by atoms with Crippen LogP contribution in [-0.4, -0.2) is 15.3 Å². The SMILES string of the molecule is CCCn1/c(=N/C(=O)c2cc(C#N)ccc2F)cc(C(C)(C)C)n1C. The van der Waals surface area contributed by atoms with Gasteiger partial charge in [-0.25, -0.2) is 4.39 Å². The molecular formula is C19H23FN4O. The molecule has 1 aromatic carbocycles. The highest BCUT2D eigenvalue weighted by Crippen LogP contribution is 2.20. The summed E-state index contributed by atoms with van der Waals surface area (Å²) in [5, 5.41) is 8.95. The third-order valence-electron chi connectivity index (χ3n) is 3.99. The number of nitriles is 1. The van der Waals surface area contributed by atoms with Gasteiger partial charge in [-0.1, -0.05) is 27.7 Å². The minimum atomic E-state index is -0.689. The molecule has 25 heavy (non-hydrogen) atoms. The average Bonchev–Trinajstić information content (AvgIpc) is 2.85. The van der Waals surface area contributed by atoms with E-state index in [1.54, 1.807) is 0 Å². The van der Waals surface area contributed by atoms with Crippen LogP contribution in [0, 0.1) is 17.1 Å². The second-order valence-corrected chi connectivity index (χ2v) is 7.01. The van der Waals surface area contributed by atoms with E-state index < -0.39 is 11.7 Å². The van der Waals surface area contributed by atoms with Gasteiger partial charge in [0.05, 0.1) is 17.2 Å². The van der Waals surface area contributed by atoms with Gasteiger partial charge >= 0.3 is 0 Å². The quantitative estimate of drug-likeness (QED) is 0.859. The van der Waals surface area contributed by atoms with Crippen LogP contribution in [0.5, 0.6) is 0 Å². The number of benzene rings is 1. The van der Waals surface area contributed by atoms with Crippen LogP contribution < -0.4 is 5.49 Å². The molecule has 1 aromatic heterocycles. The molecule has 0 radical (unpaired) electrons. The van der Waals surface area contributed by atoms with Gasteiger partial charge in [-0.15, -0.1) is 0 Å². The first-order valence-electron chi connectivity index (χ1n) is 8.25. The van der Waals surface area contributed by atoms with E-state index in [0.29, 0.717) is 12.0 Å². The Labute approximate surface area is 147 Å². The minimum absolute atomic E-state index is 0.118. The molecule has 0 atom stereocenters. The molecule has 0 N–H and O–H groups in total. The summed E-state index contributed by atoms with van der Waals surface area (Å²) in [4.78, 5) is 16.6. The van der Waals surface area contributed by atoms with E-state index in [-0.39, 0.29) is 16.5 Å². The van der Waals surface area contributed by atoms with Crippen molar-refractivity contribution < 1.29 is 9.18 Å². The number of aromatic nitrogens is 2. The number of hydrogen-bond acceptors (Lipinski definition) is 2. The van der Waals surface area contributed by atoms with Gasteiger partial charge in [-0.3, -0.25) is 14.2 Å². The Bertz CT molecular complexity index is 907. The van der Waals surface area contributed by atoms with Crippen LogP contribution in [0.25, 0.3) is 0 Å². The zero-order valence-corrected chi connectivity index (χ0v) is 15.3. The highest BCUT2D eigenvalue weighted by molar-refractivity contribution is 5.95. The summed E-state index contributed by atoms with van der Waals surface area (Å²) < 4.78 is 17.9. The Morgan fingerprint density at radius 1 is 1.32 bits per heavy atom. The third-order valence-corrected chi connectivity index (χ3v) is 3.99. The lowest BCUT2D eigenvalue weighted by atomic mass is 9.92. The van der Waals surface area contributed by atoms with Gasteiger partial charge in [0.15, 0.2) is 5.49 Å². The smallest absolute Gasteiger partial charge is 0.282 e. The van der Waals surface area contributed by atoms with E-state index in [1.807, 2.05) is 35.5 Å². The molecule has 0 saturated carbocycles. The number of carbonyl (C=O) groups excluding carboxylic acids is 1. The van der Waals surface area contributed by atoms with Crippen molar-refractivity contribution in [2.75, 3.05) is 0 Å². The second-order valence-electron chi connectivity index (χ2n) is 7.01. The number of hydrogen-bond donors (Lipinski definition) is 0. The molecule has 0 aliphatic rings. The molecule has 0 bridgehead atoms. The third kappa shape index (κ3) is 3.87. The predicted molar refractivity (Wildman–Crippen MR) is 93.4 cm³/mol. The fourth-order valence-electron chi connectivity index (χ4n) is 2.77. The number of nitrogens with zero attached hydrogens (tertiary/aromatic N) is 4. The van der Waals surface area contributed by atoms with Crippen LogP contribution >= 0.6 is 0 Å². The van der Waals surface area contributed by atoms with Gasteiger partial charge in [0, 0.05) is 30.8 Å². The van der Waals surface area contributed by atoms with Gasteiger partial charge in [-0.05, 0) is 24.6 Å². The minimum Gasteiger partial charge on any atom is -0.291 e. The molecule has 5 nitrogen and oxygen atoms in total. The first kappa shape index (κ1) is 18.7. The van der Waals surface area contributed by atoms with E-state index in [2.05, 4.69) is 25.8 Å². The van der Waals surface area contributed by atoms with E-state index in [0.717, 1.165) is 18.2 Å².